The third-order valence-electron chi connectivity index (χ3n) is 3.11. The first-order valence-electron chi connectivity index (χ1n) is 7.63. The smallest absolute Gasteiger partial charge is 0.319 e. The average Bonchev–Trinajstić information content (AvgIpc) is 2.50. The number of carbonyl (C=O) groups is 1. The summed E-state index contributed by atoms with van der Waals surface area (Å²) < 4.78 is 5.16. The van der Waals surface area contributed by atoms with Gasteiger partial charge in [-0.25, -0.2) is 4.79 Å². The minimum Gasteiger partial charge on any atom is -0.380 e. The highest BCUT2D eigenvalue weighted by Gasteiger charge is 2.05. The summed E-state index contributed by atoms with van der Waals surface area (Å²) in [5.41, 5.74) is 2.00. The summed E-state index contributed by atoms with van der Waals surface area (Å²) in [4.78, 5) is 11.6. The van der Waals surface area contributed by atoms with Gasteiger partial charge in [0, 0.05) is 24.9 Å². The molecule has 118 valence electrons. The third kappa shape index (κ3) is 7.11. The van der Waals surface area contributed by atoms with Crippen LogP contribution in [0.2, 0.25) is 0 Å². The normalized spacial score (nSPS) is 12.0. The van der Waals surface area contributed by atoms with Crippen LogP contribution in [0.25, 0.3) is 0 Å². The van der Waals surface area contributed by atoms with Crippen molar-refractivity contribution in [3.8, 4) is 0 Å². The molecule has 1 aromatic rings. The number of amides is 2. The molecule has 2 amide bonds. The van der Waals surface area contributed by atoms with Crippen LogP contribution < -0.4 is 16.0 Å². The molecule has 1 unspecified atom stereocenters. The van der Waals surface area contributed by atoms with Crippen LogP contribution in [-0.2, 0) is 4.74 Å². The van der Waals surface area contributed by atoms with Crippen LogP contribution in [0.1, 0.15) is 38.8 Å². The minimum atomic E-state index is -0.209. The second kappa shape index (κ2) is 10.2. The Morgan fingerprint density at radius 1 is 1.19 bits per heavy atom. The van der Waals surface area contributed by atoms with Crippen molar-refractivity contribution in [1.82, 2.24) is 10.6 Å². The third-order valence-corrected chi connectivity index (χ3v) is 3.11. The Hall–Kier alpha value is -1.59. The molecule has 1 aromatic carbocycles. The van der Waals surface area contributed by atoms with E-state index in [1.807, 2.05) is 31.2 Å². The second-order valence-corrected chi connectivity index (χ2v) is 4.88. The molecule has 21 heavy (non-hydrogen) atoms. The van der Waals surface area contributed by atoms with Crippen molar-refractivity contribution in [1.29, 1.82) is 0 Å². The van der Waals surface area contributed by atoms with Gasteiger partial charge in [0.2, 0.25) is 0 Å². The average molecular weight is 293 g/mol. The fourth-order valence-corrected chi connectivity index (χ4v) is 1.89. The summed E-state index contributed by atoms with van der Waals surface area (Å²) in [6.45, 7) is 8.92. The standard InChI is InChI=1S/C16H27N3O2/c1-4-10-17-13(3)14-6-8-15(9-7-14)19-16(20)18-11-12-21-5-2/h6-9,13,17H,4-5,10-12H2,1-3H3,(H2,18,19,20). The fraction of sp³-hybridized carbons (Fsp3) is 0.562. The highest BCUT2D eigenvalue weighted by atomic mass is 16.5. The highest BCUT2D eigenvalue weighted by Crippen LogP contribution is 2.15. The second-order valence-electron chi connectivity index (χ2n) is 4.88. The van der Waals surface area contributed by atoms with Crippen molar-refractivity contribution in [2.75, 3.05) is 31.6 Å². The van der Waals surface area contributed by atoms with Crippen molar-refractivity contribution in [3.05, 3.63) is 29.8 Å². The Kier molecular flexibility index (Phi) is 8.47. The van der Waals surface area contributed by atoms with Gasteiger partial charge in [-0.15, -0.1) is 0 Å². The van der Waals surface area contributed by atoms with Crippen LogP contribution in [0.5, 0.6) is 0 Å². The van der Waals surface area contributed by atoms with Gasteiger partial charge in [0.25, 0.3) is 0 Å². The van der Waals surface area contributed by atoms with E-state index in [0.717, 1.165) is 18.7 Å². The predicted molar refractivity (Wildman–Crippen MR) is 86.7 cm³/mol. The number of benzene rings is 1. The molecule has 0 heterocycles. The van der Waals surface area contributed by atoms with E-state index < -0.39 is 0 Å². The van der Waals surface area contributed by atoms with E-state index in [9.17, 15) is 4.79 Å². The Labute approximate surface area is 127 Å². The number of rotatable bonds is 9. The maximum absolute atomic E-state index is 11.6. The molecule has 0 spiro atoms. The minimum absolute atomic E-state index is 0.209. The monoisotopic (exact) mass is 293 g/mol. The molecule has 0 radical (unpaired) electrons. The molecule has 0 aromatic heterocycles. The quantitative estimate of drug-likeness (QED) is 0.613. The van der Waals surface area contributed by atoms with Gasteiger partial charge in [-0.2, -0.15) is 0 Å². The van der Waals surface area contributed by atoms with Gasteiger partial charge in [0.05, 0.1) is 6.61 Å². The van der Waals surface area contributed by atoms with Crippen LogP contribution in [-0.4, -0.2) is 32.3 Å². The lowest BCUT2D eigenvalue weighted by Gasteiger charge is -2.14. The van der Waals surface area contributed by atoms with E-state index in [2.05, 4.69) is 29.8 Å². The topological polar surface area (TPSA) is 62.4 Å². The number of hydrogen-bond acceptors (Lipinski definition) is 3. The van der Waals surface area contributed by atoms with Crippen molar-refractivity contribution < 1.29 is 9.53 Å². The Bertz CT molecular complexity index is 406. The number of nitrogens with one attached hydrogen (secondary N) is 3. The molecule has 0 aliphatic heterocycles. The number of carbonyl (C=O) groups excluding carboxylic acids is 1. The molecule has 0 saturated heterocycles. The van der Waals surface area contributed by atoms with Gasteiger partial charge in [-0.05, 0) is 44.5 Å². The summed E-state index contributed by atoms with van der Waals surface area (Å²) in [6.07, 6.45) is 1.12. The van der Waals surface area contributed by atoms with E-state index in [0.29, 0.717) is 25.8 Å². The first-order chi connectivity index (χ1) is 10.2. The van der Waals surface area contributed by atoms with Gasteiger partial charge >= 0.3 is 6.03 Å². The summed E-state index contributed by atoms with van der Waals surface area (Å²) in [5, 5.41) is 8.98. The number of ether oxygens (including phenoxy) is 1. The summed E-state index contributed by atoms with van der Waals surface area (Å²) in [7, 11) is 0. The van der Waals surface area contributed by atoms with Crippen LogP contribution in [0.15, 0.2) is 24.3 Å². The molecule has 1 rings (SSSR count). The number of urea groups is 1. The Balaban J connectivity index is 2.38. The van der Waals surface area contributed by atoms with E-state index in [1.165, 1.54) is 5.56 Å². The van der Waals surface area contributed by atoms with Crippen molar-refractivity contribution in [2.24, 2.45) is 0 Å². The van der Waals surface area contributed by atoms with E-state index in [4.69, 9.17) is 4.74 Å². The molecule has 5 heteroatoms. The lowest BCUT2D eigenvalue weighted by Crippen LogP contribution is -2.31. The fourth-order valence-electron chi connectivity index (χ4n) is 1.89. The zero-order valence-corrected chi connectivity index (χ0v) is 13.2. The molecular formula is C16H27N3O2. The van der Waals surface area contributed by atoms with Gasteiger partial charge < -0.3 is 20.7 Å². The van der Waals surface area contributed by atoms with Gasteiger partial charge in [-0.1, -0.05) is 19.1 Å². The number of anilines is 1. The molecule has 0 aliphatic rings. The molecular weight excluding hydrogens is 266 g/mol. The maximum Gasteiger partial charge on any atom is 0.319 e. The molecule has 0 saturated carbocycles. The molecule has 5 nitrogen and oxygen atoms in total. The van der Waals surface area contributed by atoms with Gasteiger partial charge in [-0.3, -0.25) is 0 Å². The Morgan fingerprint density at radius 3 is 2.52 bits per heavy atom. The maximum atomic E-state index is 11.6. The lowest BCUT2D eigenvalue weighted by molar-refractivity contribution is 0.150. The molecule has 0 aliphatic carbocycles. The van der Waals surface area contributed by atoms with Crippen LogP contribution in [0, 0.1) is 0 Å². The largest absolute Gasteiger partial charge is 0.380 e. The van der Waals surface area contributed by atoms with Crippen molar-refractivity contribution in [3.63, 3.8) is 0 Å². The van der Waals surface area contributed by atoms with Crippen LogP contribution in [0.3, 0.4) is 0 Å². The number of hydrogen-bond donors (Lipinski definition) is 3. The Morgan fingerprint density at radius 2 is 1.90 bits per heavy atom. The van der Waals surface area contributed by atoms with Crippen molar-refractivity contribution in [2.45, 2.75) is 33.2 Å². The highest BCUT2D eigenvalue weighted by molar-refractivity contribution is 5.89. The zero-order valence-electron chi connectivity index (χ0n) is 13.2. The van der Waals surface area contributed by atoms with Crippen LogP contribution >= 0.6 is 0 Å². The summed E-state index contributed by atoms with van der Waals surface area (Å²) >= 11 is 0. The first kappa shape index (κ1) is 17.5. The molecule has 0 bridgehead atoms. The summed E-state index contributed by atoms with van der Waals surface area (Å²) in [5.74, 6) is 0. The summed E-state index contributed by atoms with van der Waals surface area (Å²) in [6, 6.07) is 8.01. The van der Waals surface area contributed by atoms with E-state index in [1.54, 1.807) is 0 Å². The predicted octanol–water partition coefficient (Wildman–Crippen LogP) is 2.91. The van der Waals surface area contributed by atoms with Gasteiger partial charge in [0.15, 0.2) is 0 Å². The molecule has 0 fully saturated rings. The van der Waals surface area contributed by atoms with Gasteiger partial charge in [0.1, 0.15) is 0 Å². The first-order valence-corrected chi connectivity index (χ1v) is 7.63. The van der Waals surface area contributed by atoms with Crippen molar-refractivity contribution >= 4 is 11.7 Å². The zero-order chi connectivity index (χ0) is 15.5. The SMILES string of the molecule is CCCNC(C)c1ccc(NC(=O)NCCOCC)cc1. The van der Waals surface area contributed by atoms with Crippen LogP contribution in [0.4, 0.5) is 10.5 Å². The molecule has 1 atom stereocenters. The molecule has 3 N–H and O–H groups in total. The van der Waals surface area contributed by atoms with E-state index in [-0.39, 0.29) is 6.03 Å². The van der Waals surface area contributed by atoms with E-state index >= 15 is 0 Å². The lowest BCUT2D eigenvalue weighted by atomic mass is 10.1.